The second-order valence-corrected chi connectivity index (χ2v) is 5.46. The summed E-state index contributed by atoms with van der Waals surface area (Å²) in [5.41, 5.74) is 5.73. The van der Waals surface area contributed by atoms with Crippen molar-refractivity contribution in [3.05, 3.63) is 0 Å². The highest BCUT2D eigenvalue weighted by Crippen LogP contribution is 2.52. The van der Waals surface area contributed by atoms with Gasteiger partial charge in [-0.3, -0.25) is 4.79 Å². The van der Waals surface area contributed by atoms with Gasteiger partial charge in [-0.1, -0.05) is 19.0 Å². The smallest absolute Gasteiger partial charge is 0.226 e. The Balaban J connectivity index is 2.06. The zero-order valence-corrected chi connectivity index (χ0v) is 9.81. The molecule has 0 bridgehead atoms. The fourth-order valence-electron chi connectivity index (χ4n) is 2.49. The lowest BCUT2D eigenvalue weighted by Gasteiger charge is -2.24. The van der Waals surface area contributed by atoms with Gasteiger partial charge in [0.05, 0.1) is 6.04 Å². The average Bonchev–Trinajstić information content (AvgIpc) is 2.68. The van der Waals surface area contributed by atoms with Crippen molar-refractivity contribution in [2.24, 2.45) is 22.2 Å². The first kappa shape index (κ1) is 11.2. The van der Waals surface area contributed by atoms with Gasteiger partial charge in [0.1, 0.15) is 0 Å². The maximum Gasteiger partial charge on any atom is 0.226 e. The summed E-state index contributed by atoms with van der Waals surface area (Å²) in [7, 11) is 0. The third kappa shape index (κ3) is 1.74. The van der Waals surface area contributed by atoms with Crippen LogP contribution < -0.4 is 5.73 Å². The molecule has 5 nitrogen and oxygen atoms in total. The molecule has 90 valence electrons. The van der Waals surface area contributed by atoms with E-state index in [1.807, 2.05) is 0 Å². The second-order valence-electron chi connectivity index (χ2n) is 5.46. The monoisotopic (exact) mass is 225 g/mol. The Hall–Kier alpha value is -1.26. The number of carbonyl (C=O) groups is 1. The highest BCUT2D eigenvalue weighted by molar-refractivity contribution is 5.92. The highest BCUT2D eigenvalue weighted by atomic mass is 16.4. The Morgan fingerprint density at radius 2 is 2.19 bits per heavy atom. The molecule has 2 atom stereocenters. The van der Waals surface area contributed by atoms with Gasteiger partial charge >= 0.3 is 0 Å². The normalized spacial score (nSPS) is 32.9. The number of oxime groups is 1. The molecule has 0 aromatic heterocycles. The number of nitrogens with zero attached hydrogens (tertiary/aromatic N) is 2. The number of amidine groups is 1. The van der Waals surface area contributed by atoms with Crippen LogP contribution in [0.4, 0.5) is 0 Å². The molecule has 16 heavy (non-hydrogen) atoms. The number of amides is 1. The van der Waals surface area contributed by atoms with E-state index in [4.69, 9.17) is 10.9 Å². The lowest BCUT2D eigenvalue weighted by atomic mass is 10.1. The van der Waals surface area contributed by atoms with E-state index in [1.165, 1.54) is 0 Å². The van der Waals surface area contributed by atoms with Crippen molar-refractivity contribution in [3.8, 4) is 0 Å². The predicted octanol–water partition coefficient (Wildman–Crippen LogP) is 0.770. The molecule has 0 aromatic carbocycles. The quantitative estimate of drug-likeness (QED) is 0.315. The summed E-state index contributed by atoms with van der Waals surface area (Å²) in [6, 6.07) is -0.200. The lowest BCUT2D eigenvalue weighted by Crippen LogP contribution is -2.45. The summed E-state index contributed by atoms with van der Waals surface area (Å²) < 4.78 is 0. The molecule has 2 aliphatic rings. The fourth-order valence-corrected chi connectivity index (χ4v) is 2.49. The van der Waals surface area contributed by atoms with Crippen LogP contribution in [-0.2, 0) is 4.79 Å². The van der Waals surface area contributed by atoms with Crippen LogP contribution in [0, 0.1) is 11.3 Å². The van der Waals surface area contributed by atoms with Crippen LogP contribution in [-0.4, -0.2) is 34.4 Å². The van der Waals surface area contributed by atoms with E-state index in [9.17, 15) is 4.79 Å². The first-order valence-corrected chi connectivity index (χ1v) is 5.75. The summed E-state index contributed by atoms with van der Waals surface area (Å²) in [5.74, 6) is 0.447. The van der Waals surface area contributed by atoms with E-state index in [-0.39, 0.29) is 29.1 Å². The Labute approximate surface area is 95.3 Å². The molecule has 1 aliphatic heterocycles. The molecular formula is C11H19N3O2. The summed E-state index contributed by atoms with van der Waals surface area (Å²) >= 11 is 0. The molecule has 2 unspecified atom stereocenters. The number of hydrogen-bond donors (Lipinski definition) is 2. The Bertz CT molecular complexity index is 338. The molecule has 1 aliphatic carbocycles. The zero-order chi connectivity index (χ0) is 11.9. The van der Waals surface area contributed by atoms with Gasteiger partial charge in [-0.05, 0) is 24.7 Å². The Morgan fingerprint density at radius 3 is 2.69 bits per heavy atom. The van der Waals surface area contributed by atoms with Crippen molar-refractivity contribution >= 4 is 11.7 Å². The van der Waals surface area contributed by atoms with E-state index in [0.717, 1.165) is 25.8 Å². The minimum atomic E-state index is -0.200. The molecule has 2 fully saturated rings. The molecular weight excluding hydrogens is 206 g/mol. The molecule has 2 rings (SSSR count). The Kier molecular flexibility index (Phi) is 2.56. The van der Waals surface area contributed by atoms with Crippen molar-refractivity contribution in [2.75, 3.05) is 6.54 Å². The number of nitrogens with two attached hydrogens (primary N) is 1. The van der Waals surface area contributed by atoms with Gasteiger partial charge in [-0.2, -0.15) is 0 Å². The lowest BCUT2D eigenvalue weighted by molar-refractivity contribution is -0.133. The fraction of sp³-hybridized carbons (Fsp3) is 0.818. The number of carbonyl (C=O) groups excluding carboxylic acids is 1. The molecule has 3 N–H and O–H groups in total. The maximum atomic E-state index is 12.2. The van der Waals surface area contributed by atoms with Crippen molar-refractivity contribution in [1.29, 1.82) is 0 Å². The SMILES string of the molecule is CC1(C)CC1C(=O)N1CCCC1C(N)=NO. The number of rotatable bonds is 2. The van der Waals surface area contributed by atoms with Crippen LogP contribution in [0.2, 0.25) is 0 Å². The van der Waals surface area contributed by atoms with Crippen LogP contribution in [0.3, 0.4) is 0 Å². The predicted molar refractivity (Wildman–Crippen MR) is 60.0 cm³/mol. The van der Waals surface area contributed by atoms with Gasteiger partial charge in [0.25, 0.3) is 0 Å². The molecule has 1 saturated heterocycles. The molecule has 0 spiro atoms. The largest absolute Gasteiger partial charge is 0.409 e. The van der Waals surface area contributed by atoms with E-state index >= 15 is 0 Å². The van der Waals surface area contributed by atoms with Crippen LogP contribution in [0.15, 0.2) is 5.16 Å². The average molecular weight is 225 g/mol. The number of likely N-dealkylation sites (tertiary alicyclic amines) is 1. The summed E-state index contributed by atoms with van der Waals surface area (Å²) in [6.07, 6.45) is 2.68. The van der Waals surface area contributed by atoms with E-state index in [0.29, 0.717) is 0 Å². The summed E-state index contributed by atoms with van der Waals surface area (Å²) in [4.78, 5) is 14.0. The van der Waals surface area contributed by atoms with Crippen molar-refractivity contribution in [2.45, 2.75) is 39.2 Å². The van der Waals surface area contributed by atoms with Crippen molar-refractivity contribution in [3.63, 3.8) is 0 Å². The third-order valence-electron chi connectivity index (χ3n) is 3.80. The van der Waals surface area contributed by atoms with Gasteiger partial charge in [0.15, 0.2) is 5.84 Å². The van der Waals surface area contributed by atoms with E-state index in [1.54, 1.807) is 4.90 Å². The van der Waals surface area contributed by atoms with Crippen molar-refractivity contribution < 1.29 is 10.0 Å². The summed E-state index contributed by atoms with van der Waals surface area (Å²) in [5, 5.41) is 11.7. The molecule has 1 amide bonds. The van der Waals surface area contributed by atoms with Gasteiger partial charge in [-0.25, -0.2) is 0 Å². The zero-order valence-electron chi connectivity index (χ0n) is 9.81. The molecule has 0 aromatic rings. The van der Waals surface area contributed by atoms with Crippen LogP contribution in [0.1, 0.15) is 33.1 Å². The molecule has 1 saturated carbocycles. The van der Waals surface area contributed by atoms with Crippen molar-refractivity contribution in [1.82, 2.24) is 4.90 Å². The highest BCUT2D eigenvalue weighted by Gasteiger charge is 2.53. The van der Waals surface area contributed by atoms with Crippen LogP contribution in [0.25, 0.3) is 0 Å². The van der Waals surface area contributed by atoms with Gasteiger partial charge < -0.3 is 15.8 Å². The molecule has 1 heterocycles. The first-order chi connectivity index (χ1) is 7.47. The van der Waals surface area contributed by atoms with Gasteiger partial charge in [0, 0.05) is 12.5 Å². The second kappa shape index (κ2) is 3.64. The minimum absolute atomic E-state index is 0.125. The Morgan fingerprint density at radius 1 is 1.56 bits per heavy atom. The first-order valence-electron chi connectivity index (χ1n) is 5.75. The maximum absolute atomic E-state index is 12.2. The van der Waals surface area contributed by atoms with Gasteiger partial charge in [-0.15, -0.1) is 0 Å². The standard InChI is InChI=1S/C11H19N3O2/c1-11(2)6-7(11)10(15)14-5-3-4-8(14)9(12)13-16/h7-8,16H,3-6H2,1-2H3,(H2,12,13). The van der Waals surface area contributed by atoms with E-state index < -0.39 is 0 Å². The molecule has 5 heteroatoms. The van der Waals surface area contributed by atoms with Crippen LogP contribution in [0.5, 0.6) is 0 Å². The number of hydrogen-bond acceptors (Lipinski definition) is 3. The minimum Gasteiger partial charge on any atom is -0.409 e. The topological polar surface area (TPSA) is 78.9 Å². The summed E-state index contributed by atoms with van der Waals surface area (Å²) in [6.45, 7) is 4.93. The van der Waals surface area contributed by atoms with E-state index in [2.05, 4.69) is 19.0 Å². The van der Waals surface area contributed by atoms with Gasteiger partial charge in [0.2, 0.25) is 5.91 Å². The molecule has 0 radical (unpaired) electrons. The van der Waals surface area contributed by atoms with Crippen LogP contribution >= 0.6 is 0 Å². The third-order valence-corrected chi connectivity index (χ3v) is 3.80.